The van der Waals surface area contributed by atoms with Gasteiger partial charge in [-0.3, -0.25) is 9.79 Å². The minimum Gasteiger partial charge on any atom is -0.350 e. The summed E-state index contributed by atoms with van der Waals surface area (Å²) in [4.78, 5) is 19.0. The molecular formula is C17H21ClN4OS. The number of amidine groups is 1. The van der Waals surface area contributed by atoms with Crippen LogP contribution in [0.25, 0.3) is 0 Å². The SMILES string of the molecule is CN1/C(=N/C2CC2)SCC1CC(=O)Nc1ccc(CC#N)cc1.Cl. The standard InChI is InChI=1S/C17H20N4OS.ClH/c1-21-15(11-23-17(21)20-14-6-7-14)10-16(22)19-13-4-2-12(3-5-13)8-9-18;/h2-5,14-15H,6-8,10-11H2,1H3,(H,19,22);1H/b20-17-;. The van der Waals surface area contributed by atoms with Crippen molar-refractivity contribution in [3.8, 4) is 6.07 Å². The molecular weight excluding hydrogens is 344 g/mol. The first-order chi connectivity index (χ1) is 11.2. The van der Waals surface area contributed by atoms with Gasteiger partial charge in [0.15, 0.2) is 5.17 Å². The molecule has 1 atom stereocenters. The zero-order valence-electron chi connectivity index (χ0n) is 13.6. The van der Waals surface area contributed by atoms with Crippen molar-refractivity contribution < 1.29 is 4.79 Å². The van der Waals surface area contributed by atoms with Crippen molar-refractivity contribution in [2.75, 3.05) is 18.1 Å². The smallest absolute Gasteiger partial charge is 0.226 e. The number of nitriles is 1. The van der Waals surface area contributed by atoms with E-state index in [-0.39, 0.29) is 24.4 Å². The number of halogens is 1. The highest BCUT2D eigenvalue weighted by atomic mass is 35.5. The number of benzene rings is 1. The van der Waals surface area contributed by atoms with Gasteiger partial charge in [-0.25, -0.2) is 0 Å². The van der Waals surface area contributed by atoms with Gasteiger partial charge in [0.05, 0.1) is 18.5 Å². The lowest BCUT2D eigenvalue weighted by molar-refractivity contribution is -0.116. The Kier molecular flexibility index (Phi) is 6.52. The minimum absolute atomic E-state index is 0. The summed E-state index contributed by atoms with van der Waals surface area (Å²) < 4.78 is 0. The van der Waals surface area contributed by atoms with Crippen LogP contribution in [0.5, 0.6) is 0 Å². The predicted octanol–water partition coefficient (Wildman–Crippen LogP) is 3.07. The molecule has 1 amide bonds. The lowest BCUT2D eigenvalue weighted by Gasteiger charge is -2.20. The summed E-state index contributed by atoms with van der Waals surface area (Å²) in [7, 11) is 2.02. The van der Waals surface area contributed by atoms with Crippen LogP contribution < -0.4 is 5.32 Å². The zero-order chi connectivity index (χ0) is 16.2. The Labute approximate surface area is 152 Å². The molecule has 1 N–H and O–H groups in total. The van der Waals surface area contributed by atoms with Crippen molar-refractivity contribution >= 4 is 40.9 Å². The predicted molar refractivity (Wildman–Crippen MR) is 101 cm³/mol. The first-order valence-corrected chi connectivity index (χ1v) is 8.83. The molecule has 1 saturated carbocycles. The highest BCUT2D eigenvalue weighted by Crippen LogP contribution is 2.30. The summed E-state index contributed by atoms with van der Waals surface area (Å²) >= 11 is 1.75. The maximum absolute atomic E-state index is 12.2. The van der Waals surface area contributed by atoms with Crippen LogP contribution in [0, 0.1) is 11.3 Å². The van der Waals surface area contributed by atoms with Gasteiger partial charge in [-0.2, -0.15) is 5.26 Å². The van der Waals surface area contributed by atoms with Crippen LogP contribution in [0.15, 0.2) is 29.3 Å². The molecule has 1 unspecified atom stereocenters. The molecule has 1 aromatic rings. The normalized spacial score (nSPS) is 21.2. The van der Waals surface area contributed by atoms with E-state index in [1.165, 1.54) is 12.8 Å². The van der Waals surface area contributed by atoms with Gasteiger partial charge in [0.2, 0.25) is 5.91 Å². The van der Waals surface area contributed by atoms with E-state index in [4.69, 9.17) is 5.26 Å². The average molecular weight is 365 g/mol. The Morgan fingerprint density at radius 1 is 1.42 bits per heavy atom. The van der Waals surface area contributed by atoms with Crippen LogP contribution in [0.3, 0.4) is 0 Å². The Hall–Kier alpha value is -1.71. The average Bonchev–Trinajstić information content (AvgIpc) is 3.29. The molecule has 2 fully saturated rings. The largest absolute Gasteiger partial charge is 0.350 e. The maximum Gasteiger partial charge on any atom is 0.226 e. The molecule has 128 valence electrons. The van der Waals surface area contributed by atoms with E-state index in [2.05, 4.69) is 21.3 Å². The lowest BCUT2D eigenvalue weighted by atomic mass is 10.1. The van der Waals surface area contributed by atoms with Crippen molar-refractivity contribution in [1.29, 1.82) is 5.26 Å². The summed E-state index contributed by atoms with van der Waals surface area (Å²) in [5.74, 6) is 0.930. The third-order valence-corrected chi connectivity index (χ3v) is 5.24. The molecule has 5 nitrogen and oxygen atoms in total. The van der Waals surface area contributed by atoms with Crippen LogP contribution in [0.1, 0.15) is 24.8 Å². The number of amides is 1. The second-order valence-corrected chi connectivity index (χ2v) is 6.99. The fourth-order valence-corrected chi connectivity index (χ4v) is 3.71. The third-order valence-electron chi connectivity index (χ3n) is 4.04. The highest BCUT2D eigenvalue weighted by Gasteiger charge is 2.31. The number of carbonyl (C=O) groups excluding carboxylic acids is 1. The fraction of sp³-hybridized carbons (Fsp3) is 0.471. The van der Waals surface area contributed by atoms with Crippen LogP contribution in [0.2, 0.25) is 0 Å². The number of aliphatic imine (C=N–C) groups is 1. The minimum atomic E-state index is 0. The quantitative estimate of drug-likeness (QED) is 0.871. The molecule has 1 heterocycles. The van der Waals surface area contributed by atoms with Crippen LogP contribution in [-0.2, 0) is 11.2 Å². The summed E-state index contributed by atoms with van der Waals surface area (Å²) in [6, 6.07) is 10.3. The summed E-state index contributed by atoms with van der Waals surface area (Å²) in [5.41, 5.74) is 1.73. The van der Waals surface area contributed by atoms with E-state index in [9.17, 15) is 4.79 Å². The number of thioether (sulfide) groups is 1. The number of hydrogen-bond donors (Lipinski definition) is 1. The van der Waals surface area contributed by atoms with Gasteiger partial charge in [-0.05, 0) is 30.5 Å². The van der Waals surface area contributed by atoms with Crippen LogP contribution in [-0.4, -0.2) is 40.9 Å². The monoisotopic (exact) mass is 364 g/mol. The van der Waals surface area contributed by atoms with Crippen molar-refractivity contribution in [1.82, 2.24) is 4.90 Å². The number of hydrogen-bond acceptors (Lipinski definition) is 4. The van der Waals surface area contributed by atoms with Gasteiger partial charge in [0.1, 0.15) is 0 Å². The van der Waals surface area contributed by atoms with Crippen LogP contribution in [0.4, 0.5) is 5.69 Å². The second kappa shape index (κ2) is 8.41. The van der Waals surface area contributed by atoms with E-state index in [0.717, 1.165) is 22.2 Å². The van der Waals surface area contributed by atoms with Gasteiger partial charge in [-0.15, -0.1) is 12.4 Å². The molecule has 3 rings (SSSR count). The molecule has 1 saturated heterocycles. The van der Waals surface area contributed by atoms with Crippen molar-refractivity contribution in [2.24, 2.45) is 4.99 Å². The Morgan fingerprint density at radius 2 is 2.12 bits per heavy atom. The van der Waals surface area contributed by atoms with E-state index >= 15 is 0 Å². The first kappa shape index (κ1) is 18.6. The summed E-state index contributed by atoms with van der Waals surface area (Å²) in [6.45, 7) is 0. The topological polar surface area (TPSA) is 68.5 Å². The Balaban J connectivity index is 0.00000208. The van der Waals surface area contributed by atoms with Crippen molar-refractivity contribution in [2.45, 2.75) is 37.8 Å². The Bertz CT molecular complexity index is 652. The number of anilines is 1. The molecule has 1 aromatic carbocycles. The molecule has 2 aliphatic rings. The van der Waals surface area contributed by atoms with Gasteiger partial charge in [0, 0.05) is 31.0 Å². The second-order valence-electron chi connectivity index (χ2n) is 6.00. The number of rotatable bonds is 5. The molecule has 0 bridgehead atoms. The molecule has 0 spiro atoms. The van der Waals surface area contributed by atoms with Crippen molar-refractivity contribution in [3.05, 3.63) is 29.8 Å². The van der Waals surface area contributed by atoms with Gasteiger partial charge < -0.3 is 10.2 Å². The molecule has 24 heavy (non-hydrogen) atoms. The first-order valence-electron chi connectivity index (χ1n) is 7.85. The summed E-state index contributed by atoms with van der Waals surface area (Å²) in [5, 5.41) is 12.7. The lowest BCUT2D eigenvalue weighted by Crippen LogP contribution is -2.33. The molecule has 0 aromatic heterocycles. The van der Waals surface area contributed by atoms with Gasteiger partial charge in [0.25, 0.3) is 0 Å². The number of carbonyl (C=O) groups is 1. The number of nitrogens with zero attached hydrogens (tertiary/aromatic N) is 3. The number of nitrogens with one attached hydrogen (secondary N) is 1. The molecule has 0 radical (unpaired) electrons. The highest BCUT2D eigenvalue weighted by molar-refractivity contribution is 8.14. The van der Waals surface area contributed by atoms with Gasteiger partial charge >= 0.3 is 0 Å². The zero-order valence-corrected chi connectivity index (χ0v) is 15.2. The van der Waals surface area contributed by atoms with Crippen LogP contribution >= 0.6 is 24.2 Å². The maximum atomic E-state index is 12.2. The van der Waals surface area contributed by atoms with Crippen molar-refractivity contribution in [3.63, 3.8) is 0 Å². The van der Waals surface area contributed by atoms with E-state index in [1.54, 1.807) is 11.8 Å². The van der Waals surface area contributed by atoms with Gasteiger partial charge in [-0.1, -0.05) is 23.9 Å². The van der Waals surface area contributed by atoms with E-state index < -0.39 is 0 Å². The Morgan fingerprint density at radius 3 is 2.75 bits per heavy atom. The third kappa shape index (κ3) is 4.89. The molecule has 1 aliphatic heterocycles. The van der Waals surface area contributed by atoms with E-state index in [0.29, 0.717) is 18.9 Å². The summed E-state index contributed by atoms with van der Waals surface area (Å²) in [6.07, 6.45) is 3.25. The fourth-order valence-electron chi connectivity index (χ4n) is 2.45. The van der Waals surface area contributed by atoms with E-state index in [1.807, 2.05) is 31.3 Å². The molecule has 7 heteroatoms. The molecule has 1 aliphatic carbocycles.